The van der Waals surface area contributed by atoms with E-state index in [0.29, 0.717) is 27.8 Å². The molecule has 3 aromatic rings. The first-order chi connectivity index (χ1) is 16.8. The van der Waals surface area contributed by atoms with Crippen molar-refractivity contribution in [2.24, 2.45) is 0 Å². The summed E-state index contributed by atoms with van der Waals surface area (Å²) in [4.78, 5) is 28.0. The smallest absolute Gasteiger partial charge is 0.261 e. The number of halogens is 3. The van der Waals surface area contributed by atoms with Gasteiger partial charge in [-0.3, -0.25) is 9.59 Å². The third-order valence-electron chi connectivity index (χ3n) is 5.63. The lowest BCUT2D eigenvalue weighted by Crippen LogP contribution is -2.51. The van der Waals surface area contributed by atoms with Crippen molar-refractivity contribution in [3.8, 4) is 5.75 Å². The van der Waals surface area contributed by atoms with E-state index in [-0.39, 0.29) is 25.0 Å². The number of nitrogens with one attached hydrogen (secondary N) is 1. The Bertz CT molecular complexity index is 1170. The van der Waals surface area contributed by atoms with E-state index in [1.54, 1.807) is 25.2 Å². The molecule has 1 atom stereocenters. The minimum absolute atomic E-state index is 0.124. The average Bonchev–Trinajstić information content (AvgIpc) is 2.86. The molecule has 0 aliphatic carbocycles. The minimum atomic E-state index is -0.767. The predicted octanol–water partition coefficient (Wildman–Crippen LogP) is 6.08. The molecule has 0 unspecified atom stereocenters. The molecule has 0 heterocycles. The Balaban J connectivity index is 1.90. The van der Waals surface area contributed by atoms with Gasteiger partial charge in [0.05, 0.1) is 4.47 Å². The molecule has 0 saturated carbocycles. The van der Waals surface area contributed by atoms with Crippen LogP contribution >= 0.6 is 39.1 Å². The highest BCUT2D eigenvalue weighted by molar-refractivity contribution is 9.10. The number of hydrogen-bond acceptors (Lipinski definition) is 3. The van der Waals surface area contributed by atoms with Gasteiger partial charge in [-0.1, -0.05) is 72.6 Å². The number of ether oxygens (including phenoxy) is 1. The van der Waals surface area contributed by atoms with E-state index < -0.39 is 6.04 Å². The lowest BCUT2D eigenvalue weighted by Gasteiger charge is -2.31. The monoisotopic (exact) mass is 576 g/mol. The first-order valence-electron chi connectivity index (χ1n) is 11.2. The molecule has 3 rings (SSSR count). The summed E-state index contributed by atoms with van der Waals surface area (Å²) in [5.74, 6) is -0.0626. The molecule has 0 bridgehead atoms. The van der Waals surface area contributed by atoms with Crippen LogP contribution < -0.4 is 10.1 Å². The SMILES string of the molecule is CCc1ccc(OCC(=O)N(Cc2ccc(Cl)cc2Cl)[C@H](Cc2ccccc2)C(=O)NC)c(Br)c1. The van der Waals surface area contributed by atoms with Crippen LogP contribution in [0, 0.1) is 0 Å². The molecule has 0 saturated heterocycles. The molecule has 0 aromatic heterocycles. The maximum absolute atomic E-state index is 13.5. The van der Waals surface area contributed by atoms with Crippen molar-refractivity contribution in [2.45, 2.75) is 32.4 Å². The summed E-state index contributed by atoms with van der Waals surface area (Å²) in [7, 11) is 1.56. The van der Waals surface area contributed by atoms with Gasteiger partial charge in [-0.25, -0.2) is 0 Å². The zero-order chi connectivity index (χ0) is 25.4. The molecule has 0 radical (unpaired) electrons. The number of aryl methyl sites for hydroxylation is 1. The molecule has 0 fully saturated rings. The van der Waals surface area contributed by atoms with Gasteiger partial charge in [-0.05, 0) is 63.3 Å². The quantitative estimate of drug-likeness (QED) is 0.317. The van der Waals surface area contributed by atoms with E-state index in [1.807, 2.05) is 48.5 Å². The highest BCUT2D eigenvalue weighted by atomic mass is 79.9. The molecule has 0 aliphatic rings. The van der Waals surface area contributed by atoms with E-state index in [2.05, 4.69) is 28.2 Å². The number of likely N-dealkylation sites (N-methyl/N-ethyl adjacent to an activating group) is 1. The number of carbonyl (C=O) groups is 2. The van der Waals surface area contributed by atoms with Gasteiger partial charge in [0.1, 0.15) is 11.8 Å². The maximum Gasteiger partial charge on any atom is 0.261 e. The Labute approximate surface area is 224 Å². The second kappa shape index (κ2) is 13.0. The number of carbonyl (C=O) groups excluding carboxylic acids is 2. The largest absolute Gasteiger partial charge is 0.483 e. The lowest BCUT2D eigenvalue weighted by molar-refractivity contribution is -0.142. The summed E-state index contributed by atoms with van der Waals surface area (Å²) < 4.78 is 6.62. The molecule has 35 heavy (non-hydrogen) atoms. The van der Waals surface area contributed by atoms with Crippen LogP contribution in [0.2, 0.25) is 10.0 Å². The molecular weight excluding hydrogens is 551 g/mol. The molecular formula is C27H27BrCl2N2O3. The van der Waals surface area contributed by atoms with Gasteiger partial charge < -0.3 is 15.0 Å². The van der Waals surface area contributed by atoms with Crippen molar-refractivity contribution in [1.82, 2.24) is 10.2 Å². The Hall–Kier alpha value is -2.54. The van der Waals surface area contributed by atoms with Crippen LogP contribution in [0.15, 0.2) is 71.2 Å². The fraction of sp³-hybridized carbons (Fsp3) is 0.259. The van der Waals surface area contributed by atoms with Gasteiger partial charge in [0.2, 0.25) is 5.91 Å². The highest BCUT2D eigenvalue weighted by Gasteiger charge is 2.30. The van der Waals surface area contributed by atoms with Crippen LogP contribution in [0.4, 0.5) is 0 Å². The summed E-state index contributed by atoms with van der Waals surface area (Å²) in [5.41, 5.74) is 2.76. The van der Waals surface area contributed by atoms with E-state index in [9.17, 15) is 9.59 Å². The lowest BCUT2D eigenvalue weighted by atomic mass is 10.0. The van der Waals surface area contributed by atoms with Crippen molar-refractivity contribution < 1.29 is 14.3 Å². The Kier molecular flexibility index (Phi) is 10.0. The maximum atomic E-state index is 13.5. The molecule has 8 heteroatoms. The predicted molar refractivity (Wildman–Crippen MR) is 144 cm³/mol. The first kappa shape index (κ1) is 27.1. The third-order valence-corrected chi connectivity index (χ3v) is 6.84. The minimum Gasteiger partial charge on any atom is -0.483 e. The van der Waals surface area contributed by atoms with E-state index in [4.69, 9.17) is 27.9 Å². The summed E-state index contributed by atoms with van der Waals surface area (Å²) in [5, 5.41) is 3.60. The van der Waals surface area contributed by atoms with Gasteiger partial charge in [-0.15, -0.1) is 0 Å². The highest BCUT2D eigenvalue weighted by Crippen LogP contribution is 2.27. The second-order valence-corrected chi connectivity index (χ2v) is 9.68. The van der Waals surface area contributed by atoms with Crippen molar-refractivity contribution in [3.63, 3.8) is 0 Å². The fourth-order valence-electron chi connectivity index (χ4n) is 3.66. The van der Waals surface area contributed by atoms with Crippen LogP contribution in [0.5, 0.6) is 5.75 Å². The van der Waals surface area contributed by atoms with Crippen molar-refractivity contribution in [2.75, 3.05) is 13.7 Å². The van der Waals surface area contributed by atoms with E-state index in [1.165, 1.54) is 4.90 Å². The second-order valence-electron chi connectivity index (χ2n) is 7.98. The van der Waals surface area contributed by atoms with Crippen LogP contribution in [-0.2, 0) is 29.0 Å². The number of amides is 2. The third kappa shape index (κ3) is 7.47. The van der Waals surface area contributed by atoms with Crippen LogP contribution in [0.3, 0.4) is 0 Å². The summed E-state index contributed by atoms with van der Waals surface area (Å²) in [6, 6.07) is 19.6. The Morgan fingerprint density at radius 1 is 1.03 bits per heavy atom. The molecule has 1 N–H and O–H groups in total. The normalized spacial score (nSPS) is 11.6. The van der Waals surface area contributed by atoms with E-state index in [0.717, 1.165) is 22.0 Å². The van der Waals surface area contributed by atoms with Gasteiger partial charge in [0.25, 0.3) is 5.91 Å². The topological polar surface area (TPSA) is 58.6 Å². The number of hydrogen-bond donors (Lipinski definition) is 1. The zero-order valence-electron chi connectivity index (χ0n) is 19.6. The number of nitrogens with zero attached hydrogens (tertiary/aromatic N) is 1. The molecule has 184 valence electrons. The zero-order valence-corrected chi connectivity index (χ0v) is 22.7. The van der Waals surface area contributed by atoms with Crippen LogP contribution in [0.1, 0.15) is 23.6 Å². The molecule has 2 amide bonds. The number of rotatable bonds is 10. The standard InChI is InChI=1S/C27H27BrCl2N2O3/c1-3-18-9-12-25(22(28)13-18)35-17-26(33)32(16-20-10-11-21(29)15-23(20)30)24(27(34)31-2)14-19-7-5-4-6-8-19/h4-13,15,24H,3,14,16-17H2,1-2H3,(H,31,34)/t24-/m1/s1. The Morgan fingerprint density at radius 2 is 1.77 bits per heavy atom. The molecule has 0 spiro atoms. The summed E-state index contributed by atoms with van der Waals surface area (Å²) in [6.07, 6.45) is 1.23. The van der Waals surface area contributed by atoms with Gasteiger partial charge in [0.15, 0.2) is 6.61 Å². The van der Waals surface area contributed by atoms with Crippen LogP contribution in [0.25, 0.3) is 0 Å². The summed E-state index contributed by atoms with van der Waals surface area (Å²) in [6.45, 7) is 1.95. The fourth-order valence-corrected chi connectivity index (χ4v) is 4.67. The van der Waals surface area contributed by atoms with E-state index >= 15 is 0 Å². The van der Waals surface area contributed by atoms with Gasteiger partial charge in [0, 0.05) is 30.1 Å². The Morgan fingerprint density at radius 3 is 2.40 bits per heavy atom. The molecule has 3 aromatic carbocycles. The van der Waals surface area contributed by atoms with Crippen molar-refractivity contribution >= 4 is 50.9 Å². The molecule has 5 nitrogen and oxygen atoms in total. The van der Waals surface area contributed by atoms with Gasteiger partial charge in [-0.2, -0.15) is 0 Å². The van der Waals surface area contributed by atoms with Crippen molar-refractivity contribution in [3.05, 3.63) is 97.9 Å². The number of benzene rings is 3. The first-order valence-corrected chi connectivity index (χ1v) is 12.8. The van der Waals surface area contributed by atoms with Crippen LogP contribution in [-0.4, -0.2) is 36.4 Å². The molecule has 0 aliphatic heterocycles. The van der Waals surface area contributed by atoms with Crippen molar-refractivity contribution in [1.29, 1.82) is 0 Å². The average molecular weight is 578 g/mol. The summed E-state index contributed by atoms with van der Waals surface area (Å²) >= 11 is 16.0. The van der Waals surface area contributed by atoms with Gasteiger partial charge >= 0.3 is 0 Å².